The van der Waals surface area contributed by atoms with Gasteiger partial charge in [0.15, 0.2) is 0 Å². The third-order valence-corrected chi connectivity index (χ3v) is 6.69. The number of halogens is 1. The lowest BCUT2D eigenvalue weighted by Crippen LogP contribution is -2.35. The van der Waals surface area contributed by atoms with Gasteiger partial charge in [-0.2, -0.15) is 0 Å². The average Bonchev–Trinajstić information content (AvgIpc) is 3.28. The first kappa shape index (κ1) is 25.9. The summed E-state index contributed by atoms with van der Waals surface area (Å²) in [6.07, 6.45) is 1.73. The Morgan fingerprint density at radius 3 is 2.47 bits per heavy atom. The monoisotopic (exact) mass is 505 g/mol. The van der Waals surface area contributed by atoms with Gasteiger partial charge in [0.2, 0.25) is 0 Å². The number of amides is 1. The highest BCUT2D eigenvalue weighted by atomic mass is 35.5. The van der Waals surface area contributed by atoms with Crippen molar-refractivity contribution >= 4 is 29.1 Å². The first-order valence-electron chi connectivity index (χ1n) is 12.6. The van der Waals surface area contributed by atoms with Crippen LogP contribution in [0.1, 0.15) is 43.9 Å². The van der Waals surface area contributed by atoms with Crippen LogP contribution in [0.5, 0.6) is 0 Å². The number of benzene rings is 3. The number of nitrogen functional groups attached to an aromatic ring is 1. The fraction of sp³-hybridized carbons (Fsp3) is 0.367. The number of nitrogens with two attached hydrogens (primary N) is 1. The topological polar surface area (TPSA) is 58.8 Å². The van der Waals surface area contributed by atoms with E-state index in [1.807, 2.05) is 56.0 Å². The number of ether oxygens (including phenoxy) is 1. The Kier molecular flexibility index (Phi) is 8.10. The lowest BCUT2D eigenvalue weighted by Gasteiger charge is -2.26. The van der Waals surface area contributed by atoms with Crippen molar-refractivity contribution in [3.63, 3.8) is 0 Å². The maximum absolute atomic E-state index is 12.4. The van der Waals surface area contributed by atoms with Gasteiger partial charge in [-0.15, -0.1) is 0 Å². The number of hydrogen-bond acceptors (Lipinski definition) is 4. The van der Waals surface area contributed by atoms with Crippen LogP contribution in [-0.4, -0.2) is 29.7 Å². The Morgan fingerprint density at radius 1 is 1.03 bits per heavy atom. The van der Waals surface area contributed by atoms with E-state index < -0.39 is 5.60 Å². The van der Waals surface area contributed by atoms with Crippen molar-refractivity contribution in [3.8, 4) is 0 Å². The highest BCUT2D eigenvalue weighted by molar-refractivity contribution is 6.30. The minimum Gasteiger partial charge on any atom is -0.444 e. The van der Waals surface area contributed by atoms with Gasteiger partial charge in [0.25, 0.3) is 0 Å². The minimum atomic E-state index is -0.468. The molecule has 1 amide bonds. The van der Waals surface area contributed by atoms with Crippen LogP contribution in [0.3, 0.4) is 0 Å². The summed E-state index contributed by atoms with van der Waals surface area (Å²) in [5.74, 6) is 0.434. The molecule has 1 atom stereocenters. The Balaban J connectivity index is 1.45. The van der Waals surface area contributed by atoms with E-state index >= 15 is 0 Å². The molecule has 3 aromatic rings. The van der Waals surface area contributed by atoms with Crippen LogP contribution in [0.4, 0.5) is 16.2 Å². The predicted octanol–water partition coefficient (Wildman–Crippen LogP) is 6.93. The molecule has 1 aliphatic rings. The van der Waals surface area contributed by atoms with Crippen LogP contribution >= 0.6 is 11.6 Å². The number of carbonyl (C=O) groups is 1. The molecule has 1 saturated heterocycles. The molecule has 0 bridgehead atoms. The van der Waals surface area contributed by atoms with Crippen molar-refractivity contribution in [2.75, 3.05) is 23.7 Å². The van der Waals surface area contributed by atoms with E-state index in [1.165, 1.54) is 11.1 Å². The predicted molar refractivity (Wildman–Crippen MR) is 148 cm³/mol. The number of hydrogen-bond donors (Lipinski definition) is 1. The van der Waals surface area contributed by atoms with Crippen molar-refractivity contribution in [1.29, 1.82) is 0 Å². The number of likely N-dealkylation sites (tertiary alicyclic amines) is 1. The van der Waals surface area contributed by atoms with Gasteiger partial charge >= 0.3 is 6.09 Å². The molecule has 0 saturated carbocycles. The van der Waals surface area contributed by atoms with Crippen LogP contribution in [0.2, 0.25) is 5.02 Å². The first-order valence-corrected chi connectivity index (χ1v) is 12.9. The summed E-state index contributed by atoms with van der Waals surface area (Å²) in [5, 5.41) is 0.719. The van der Waals surface area contributed by atoms with Crippen molar-refractivity contribution < 1.29 is 9.53 Å². The Morgan fingerprint density at radius 2 is 1.75 bits per heavy atom. The fourth-order valence-electron chi connectivity index (χ4n) is 4.67. The van der Waals surface area contributed by atoms with Crippen molar-refractivity contribution in [1.82, 2.24) is 4.90 Å². The zero-order chi connectivity index (χ0) is 25.7. The fourth-order valence-corrected chi connectivity index (χ4v) is 4.80. The second-order valence-corrected chi connectivity index (χ2v) is 11.1. The maximum atomic E-state index is 12.4. The van der Waals surface area contributed by atoms with Crippen LogP contribution < -0.4 is 10.6 Å². The lowest BCUT2D eigenvalue weighted by molar-refractivity contribution is 0.0288. The van der Waals surface area contributed by atoms with E-state index in [2.05, 4.69) is 47.4 Å². The number of carbonyl (C=O) groups excluding carboxylic acids is 1. The molecule has 3 aromatic carbocycles. The van der Waals surface area contributed by atoms with E-state index in [0.717, 1.165) is 54.4 Å². The van der Waals surface area contributed by atoms with Gasteiger partial charge < -0.3 is 20.3 Å². The SMILES string of the molecule is CC(C)(C)OC(=O)N1CC[C@@H](Cc2cccc(CN(Cc3ccccc3N)c3ccc(Cl)cc3)c2)C1. The largest absolute Gasteiger partial charge is 0.444 e. The highest BCUT2D eigenvalue weighted by Gasteiger charge is 2.29. The standard InChI is InChI=1S/C30H36ClN3O2/c1-30(2,3)36-29(35)33-16-15-24(19-33)18-22-7-6-8-23(17-22)20-34(27-13-11-26(31)12-14-27)21-25-9-4-5-10-28(25)32/h4-14,17,24H,15-16,18-21,32H2,1-3H3/t24-/m0/s1. The van der Waals surface area contributed by atoms with E-state index in [4.69, 9.17) is 22.1 Å². The van der Waals surface area contributed by atoms with Gasteiger partial charge in [0, 0.05) is 42.6 Å². The maximum Gasteiger partial charge on any atom is 0.410 e. The molecule has 5 nitrogen and oxygen atoms in total. The Bertz CT molecular complexity index is 1170. The molecular weight excluding hydrogens is 470 g/mol. The summed E-state index contributed by atoms with van der Waals surface area (Å²) < 4.78 is 5.55. The van der Waals surface area contributed by atoms with Crippen LogP contribution in [0, 0.1) is 5.92 Å². The second kappa shape index (κ2) is 11.3. The molecule has 190 valence electrons. The van der Waals surface area contributed by atoms with E-state index in [1.54, 1.807) is 0 Å². The van der Waals surface area contributed by atoms with Crippen LogP contribution in [0.25, 0.3) is 0 Å². The summed E-state index contributed by atoms with van der Waals surface area (Å²) in [7, 11) is 0. The molecular formula is C30H36ClN3O2. The zero-order valence-electron chi connectivity index (χ0n) is 21.4. The number of rotatable bonds is 7. The number of anilines is 2. The molecule has 1 aliphatic heterocycles. The third-order valence-electron chi connectivity index (χ3n) is 6.43. The number of para-hydroxylation sites is 1. The zero-order valence-corrected chi connectivity index (χ0v) is 22.2. The second-order valence-electron chi connectivity index (χ2n) is 10.6. The quantitative estimate of drug-likeness (QED) is 0.354. The van der Waals surface area contributed by atoms with Crippen molar-refractivity contribution in [2.45, 2.75) is 52.3 Å². The smallest absolute Gasteiger partial charge is 0.410 e. The molecule has 0 unspecified atom stereocenters. The van der Waals surface area contributed by atoms with Crippen molar-refractivity contribution in [3.05, 3.63) is 94.5 Å². The summed E-state index contributed by atoms with van der Waals surface area (Å²) in [4.78, 5) is 16.6. The van der Waals surface area contributed by atoms with Gasteiger partial charge in [-0.05, 0) is 86.6 Å². The Labute approximate surface area is 219 Å². The van der Waals surface area contributed by atoms with Crippen LogP contribution in [0.15, 0.2) is 72.8 Å². The van der Waals surface area contributed by atoms with Crippen LogP contribution in [-0.2, 0) is 24.2 Å². The van der Waals surface area contributed by atoms with E-state index in [0.29, 0.717) is 12.5 Å². The molecule has 0 radical (unpaired) electrons. The Hall–Kier alpha value is -3.18. The van der Waals surface area contributed by atoms with Crippen molar-refractivity contribution in [2.24, 2.45) is 5.92 Å². The molecule has 1 fully saturated rings. The summed E-state index contributed by atoms with van der Waals surface area (Å²) in [5.41, 5.74) is 11.3. The minimum absolute atomic E-state index is 0.211. The molecule has 0 aliphatic carbocycles. The molecule has 1 heterocycles. The van der Waals surface area contributed by atoms with Gasteiger partial charge in [-0.3, -0.25) is 0 Å². The molecule has 4 rings (SSSR count). The van der Waals surface area contributed by atoms with Gasteiger partial charge in [-0.1, -0.05) is 54.1 Å². The summed E-state index contributed by atoms with van der Waals surface area (Å²) >= 11 is 6.15. The van der Waals surface area contributed by atoms with Gasteiger partial charge in [0.05, 0.1) is 0 Å². The molecule has 36 heavy (non-hydrogen) atoms. The summed E-state index contributed by atoms with van der Waals surface area (Å²) in [6.45, 7) is 8.66. The molecule has 0 aromatic heterocycles. The van der Waals surface area contributed by atoms with E-state index in [-0.39, 0.29) is 6.09 Å². The first-order chi connectivity index (χ1) is 17.2. The lowest BCUT2D eigenvalue weighted by atomic mass is 9.97. The van der Waals surface area contributed by atoms with Gasteiger partial charge in [0.1, 0.15) is 5.60 Å². The van der Waals surface area contributed by atoms with E-state index in [9.17, 15) is 4.79 Å². The normalized spacial score (nSPS) is 15.7. The number of nitrogens with zero attached hydrogens (tertiary/aromatic N) is 2. The summed E-state index contributed by atoms with van der Waals surface area (Å²) in [6, 6.07) is 24.7. The third kappa shape index (κ3) is 7.17. The van der Waals surface area contributed by atoms with Gasteiger partial charge in [-0.25, -0.2) is 4.79 Å². The molecule has 2 N–H and O–H groups in total. The molecule has 6 heteroatoms. The molecule has 0 spiro atoms. The average molecular weight is 506 g/mol. The highest BCUT2D eigenvalue weighted by Crippen LogP contribution is 2.26.